The summed E-state index contributed by atoms with van der Waals surface area (Å²) in [5.74, 6) is 0.770. The minimum Gasteiger partial charge on any atom is -0.379 e. The number of aryl methyl sites for hydroxylation is 2. The molecule has 26 heavy (non-hydrogen) atoms. The minimum absolute atomic E-state index is 0.0722. The Hall–Kier alpha value is -2.45. The number of thiophene rings is 1. The average Bonchev–Trinajstić information content (AvgIpc) is 3.36. The molecule has 8 heteroatoms. The lowest BCUT2D eigenvalue weighted by Crippen LogP contribution is -2.40. The first-order chi connectivity index (χ1) is 12.6. The number of nitrogens with zero attached hydrogens (tertiary/aromatic N) is 2. The van der Waals surface area contributed by atoms with Crippen molar-refractivity contribution in [1.29, 1.82) is 0 Å². The summed E-state index contributed by atoms with van der Waals surface area (Å²) in [4.78, 5) is 14.9. The van der Waals surface area contributed by atoms with E-state index in [2.05, 4.69) is 27.6 Å². The summed E-state index contributed by atoms with van der Waals surface area (Å²) in [7, 11) is 0. The molecule has 0 spiro atoms. The van der Waals surface area contributed by atoms with Gasteiger partial charge in [-0.2, -0.15) is 5.10 Å². The molecule has 3 aromatic heterocycles. The van der Waals surface area contributed by atoms with Gasteiger partial charge in [0, 0.05) is 23.3 Å². The fourth-order valence-corrected chi connectivity index (χ4v) is 3.95. The number of carbonyl (C=O) groups excluding carboxylic acids is 1. The highest BCUT2D eigenvalue weighted by Gasteiger charge is 2.31. The Labute approximate surface area is 154 Å². The number of H-pyrrole nitrogens is 1. The number of rotatable bonds is 5. The predicted octanol–water partition coefficient (Wildman–Crippen LogP) is 2.73. The fraction of sp³-hybridized carbons (Fsp3) is 0.389. The van der Waals surface area contributed by atoms with Crippen molar-refractivity contribution in [1.82, 2.24) is 20.7 Å². The van der Waals surface area contributed by atoms with Crippen molar-refractivity contribution in [2.75, 3.05) is 13.2 Å². The van der Waals surface area contributed by atoms with Gasteiger partial charge in [-0.15, -0.1) is 11.3 Å². The van der Waals surface area contributed by atoms with E-state index in [1.54, 1.807) is 17.4 Å². The molecule has 0 bridgehead atoms. The molecule has 7 nitrogen and oxygen atoms in total. The second-order valence-electron chi connectivity index (χ2n) is 6.59. The van der Waals surface area contributed by atoms with Crippen molar-refractivity contribution < 1.29 is 14.1 Å². The van der Waals surface area contributed by atoms with Gasteiger partial charge in [-0.05, 0) is 32.0 Å². The van der Waals surface area contributed by atoms with E-state index in [1.165, 1.54) is 4.88 Å². The number of amides is 1. The van der Waals surface area contributed by atoms with Crippen molar-refractivity contribution in [3.05, 3.63) is 46.3 Å². The molecule has 1 aliphatic heterocycles. The van der Waals surface area contributed by atoms with Crippen molar-refractivity contribution in [3.63, 3.8) is 0 Å². The summed E-state index contributed by atoms with van der Waals surface area (Å²) in [6.45, 7) is 5.02. The van der Waals surface area contributed by atoms with Gasteiger partial charge in [0.2, 0.25) is 0 Å². The number of carbonyl (C=O) groups is 1. The van der Waals surface area contributed by atoms with Crippen LogP contribution in [0.25, 0.3) is 10.6 Å². The summed E-state index contributed by atoms with van der Waals surface area (Å²) < 4.78 is 10.8. The molecule has 136 valence electrons. The van der Waals surface area contributed by atoms with Crippen LogP contribution < -0.4 is 5.32 Å². The Morgan fingerprint density at radius 2 is 2.23 bits per heavy atom. The van der Waals surface area contributed by atoms with Gasteiger partial charge in [-0.1, -0.05) is 5.16 Å². The monoisotopic (exact) mass is 372 g/mol. The summed E-state index contributed by atoms with van der Waals surface area (Å²) in [5, 5.41) is 14.0. The topological polar surface area (TPSA) is 93.0 Å². The lowest BCUT2D eigenvalue weighted by Gasteiger charge is -2.17. The zero-order chi connectivity index (χ0) is 18.1. The highest BCUT2D eigenvalue weighted by atomic mass is 32.1. The third-order valence-corrected chi connectivity index (χ3v) is 5.51. The molecule has 1 saturated heterocycles. The maximum absolute atomic E-state index is 12.6. The van der Waals surface area contributed by atoms with E-state index in [-0.39, 0.29) is 17.9 Å². The maximum atomic E-state index is 12.6. The summed E-state index contributed by atoms with van der Waals surface area (Å²) in [5.41, 5.74) is 2.09. The highest BCUT2D eigenvalue weighted by Crippen LogP contribution is 2.26. The van der Waals surface area contributed by atoms with Gasteiger partial charge in [0.1, 0.15) is 5.76 Å². The summed E-state index contributed by atoms with van der Waals surface area (Å²) in [6, 6.07) is 7.70. The predicted molar refractivity (Wildman–Crippen MR) is 97.1 cm³/mol. The van der Waals surface area contributed by atoms with Crippen molar-refractivity contribution >= 4 is 17.2 Å². The van der Waals surface area contributed by atoms with Crippen LogP contribution in [0.3, 0.4) is 0 Å². The van der Waals surface area contributed by atoms with Gasteiger partial charge in [-0.3, -0.25) is 9.89 Å². The van der Waals surface area contributed by atoms with Crippen molar-refractivity contribution in [3.8, 4) is 10.6 Å². The summed E-state index contributed by atoms with van der Waals surface area (Å²) >= 11 is 1.66. The van der Waals surface area contributed by atoms with E-state index < -0.39 is 0 Å². The number of aromatic nitrogens is 3. The molecule has 4 rings (SSSR count). The largest absolute Gasteiger partial charge is 0.379 e. The van der Waals surface area contributed by atoms with Crippen LogP contribution in [0.15, 0.2) is 28.8 Å². The zero-order valence-electron chi connectivity index (χ0n) is 14.6. The average molecular weight is 372 g/mol. The SMILES string of the molecule is Cc1cc(C[C@H]2COC[C@H]2NC(=O)c2cc(-c3ccc(C)s3)[nH]n2)on1. The van der Waals surface area contributed by atoms with E-state index in [9.17, 15) is 4.79 Å². The zero-order valence-corrected chi connectivity index (χ0v) is 15.4. The molecule has 1 fully saturated rings. The van der Waals surface area contributed by atoms with Gasteiger partial charge in [0.25, 0.3) is 5.91 Å². The molecule has 0 aromatic carbocycles. The smallest absolute Gasteiger partial charge is 0.272 e. The van der Waals surface area contributed by atoms with Crippen LogP contribution in [-0.2, 0) is 11.2 Å². The number of hydrogen-bond acceptors (Lipinski definition) is 6. The molecule has 4 heterocycles. The van der Waals surface area contributed by atoms with Crippen LogP contribution in [0.5, 0.6) is 0 Å². The van der Waals surface area contributed by atoms with Crippen LogP contribution in [0.1, 0.15) is 26.8 Å². The Bertz CT molecular complexity index is 913. The Morgan fingerprint density at radius 3 is 2.96 bits per heavy atom. The lowest BCUT2D eigenvalue weighted by atomic mass is 9.98. The molecule has 0 aliphatic carbocycles. The molecule has 2 atom stereocenters. The molecule has 1 amide bonds. The highest BCUT2D eigenvalue weighted by molar-refractivity contribution is 7.15. The second kappa shape index (κ2) is 7.05. The van der Waals surface area contributed by atoms with Gasteiger partial charge in [0.05, 0.1) is 35.5 Å². The fourth-order valence-electron chi connectivity index (χ4n) is 3.12. The Morgan fingerprint density at radius 1 is 1.35 bits per heavy atom. The van der Waals surface area contributed by atoms with E-state index in [4.69, 9.17) is 9.26 Å². The number of ether oxygens (including phenoxy) is 1. The lowest BCUT2D eigenvalue weighted by molar-refractivity contribution is 0.0919. The quantitative estimate of drug-likeness (QED) is 0.718. The molecule has 0 unspecified atom stereocenters. The van der Waals surface area contributed by atoms with Crippen LogP contribution in [0, 0.1) is 19.8 Å². The third-order valence-electron chi connectivity index (χ3n) is 4.47. The third kappa shape index (κ3) is 3.56. The van der Waals surface area contributed by atoms with Gasteiger partial charge >= 0.3 is 0 Å². The minimum atomic E-state index is -0.199. The maximum Gasteiger partial charge on any atom is 0.272 e. The molecule has 2 N–H and O–H groups in total. The number of aromatic amines is 1. The Kier molecular flexibility index (Phi) is 4.60. The van der Waals surface area contributed by atoms with E-state index >= 15 is 0 Å². The number of nitrogens with one attached hydrogen (secondary N) is 2. The second-order valence-corrected chi connectivity index (χ2v) is 7.88. The molecular weight excluding hydrogens is 352 g/mol. The van der Waals surface area contributed by atoms with E-state index in [0.29, 0.717) is 25.3 Å². The van der Waals surface area contributed by atoms with Crippen molar-refractivity contribution in [2.45, 2.75) is 26.3 Å². The molecule has 1 aliphatic rings. The standard InChI is InChI=1S/C18H20N4O3S/c1-10-5-13(25-22-10)6-12-8-24-9-16(12)19-18(23)15-7-14(20-21-15)17-4-3-11(2)26-17/h3-5,7,12,16H,6,8-9H2,1-2H3,(H,19,23)(H,20,21)/t12-,16+/m0/s1. The first-order valence-electron chi connectivity index (χ1n) is 8.51. The molecule has 0 radical (unpaired) electrons. The van der Waals surface area contributed by atoms with Crippen LogP contribution in [0.4, 0.5) is 0 Å². The van der Waals surface area contributed by atoms with Gasteiger partial charge in [-0.25, -0.2) is 0 Å². The van der Waals surface area contributed by atoms with E-state index in [1.807, 2.05) is 25.1 Å². The van der Waals surface area contributed by atoms with Crippen LogP contribution in [0.2, 0.25) is 0 Å². The molecule has 3 aromatic rings. The van der Waals surface area contributed by atoms with Gasteiger partial charge in [0.15, 0.2) is 5.69 Å². The van der Waals surface area contributed by atoms with Crippen LogP contribution in [-0.4, -0.2) is 40.5 Å². The molecule has 0 saturated carbocycles. The Balaban J connectivity index is 1.41. The van der Waals surface area contributed by atoms with Crippen molar-refractivity contribution in [2.24, 2.45) is 5.92 Å². The summed E-state index contributed by atoms with van der Waals surface area (Å²) in [6.07, 6.45) is 0.687. The van der Waals surface area contributed by atoms with Gasteiger partial charge < -0.3 is 14.6 Å². The first-order valence-corrected chi connectivity index (χ1v) is 9.33. The normalized spacial score (nSPS) is 19.8. The van der Waals surface area contributed by atoms with E-state index in [0.717, 1.165) is 22.0 Å². The molecular formula is C18H20N4O3S. The van der Waals surface area contributed by atoms with Crippen LogP contribution >= 0.6 is 11.3 Å². The first kappa shape index (κ1) is 17.0. The number of hydrogen-bond donors (Lipinski definition) is 2.